The molecule has 20 heavy (non-hydrogen) atoms. The predicted molar refractivity (Wildman–Crippen MR) is 76.5 cm³/mol. The number of imide groups is 1. The summed E-state index contributed by atoms with van der Waals surface area (Å²) in [4.78, 5) is 26.2. The molecule has 0 unspecified atom stereocenters. The van der Waals surface area contributed by atoms with Crippen LogP contribution in [0.3, 0.4) is 0 Å². The molecular formula is C17H15NO2. The lowest BCUT2D eigenvalue weighted by molar-refractivity contribution is 0.0595. The molecule has 1 atom stereocenters. The van der Waals surface area contributed by atoms with E-state index in [1.54, 1.807) is 24.3 Å². The molecule has 2 aromatic carbocycles. The van der Waals surface area contributed by atoms with Crippen LogP contribution in [0.4, 0.5) is 0 Å². The molecule has 0 N–H and O–H groups in total. The SMILES string of the molecule is Cc1ccccc1[C@@H](C)N1C(=O)c2ccccc2C1=O. The van der Waals surface area contributed by atoms with Gasteiger partial charge < -0.3 is 0 Å². The number of carbonyl (C=O) groups is 2. The Kier molecular flexibility index (Phi) is 2.90. The van der Waals surface area contributed by atoms with E-state index in [9.17, 15) is 9.59 Å². The number of fused-ring (bicyclic) bond motifs is 1. The van der Waals surface area contributed by atoms with Gasteiger partial charge in [-0.25, -0.2) is 0 Å². The number of hydrogen-bond acceptors (Lipinski definition) is 2. The van der Waals surface area contributed by atoms with Crippen LogP contribution in [0.25, 0.3) is 0 Å². The Hall–Kier alpha value is -2.42. The van der Waals surface area contributed by atoms with E-state index in [1.807, 2.05) is 38.1 Å². The highest BCUT2D eigenvalue weighted by Gasteiger charge is 2.38. The van der Waals surface area contributed by atoms with Gasteiger partial charge >= 0.3 is 0 Å². The zero-order chi connectivity index (χ0) is 14.3. The summed E-state index contributed by atoms with van der Waals surface area (Å²) in [5, 5.41) is 0. The molecule has 0 aromatic heterocycles. The van der Waals surface area contributed by atoms with Gasteiger partial charge in [0.05, 0.1) is 17.2 Å². The number of benzene rings is 2. The number of nitrogens with zero attached hydrogens (tertiary/aromatic N) is 1. The molecule has 0 aliphatic carbocycles. The summed E-state index contributed by atoms with van der Waals surface area (Å²) >= 11 is 0. The summed E-state index contributed by atoms with van der Waals surface area (Å²) in [6, 6.07) is 14.6. The van der Waals surface area contributed by atoms with Gasteiger partial charge in [0.2, 0.25) is 0 Å². The molecule has 0 bridgehead atoms. The number of amides is 2. The van der Waals surface area contributed by atoms with Crippen molar-refractivity contribution in [1.29, 1.82) is 0 Å². The standard InChI is InChI=1S/C17H15NO2/c1-11-7-3-4-8-13(11)12(2)18-16(19)14-9-5-6-10-15(14)17(18)20/h3-10,12H,1-2H3/t12-/m1/s1. The van der Waals surface area contributed by atoms with E-state index in [0.29, 0.717) is 11.1 Å². The first-order valence-electron chi connectivity index (χ1n) is 6.63. The number of carbonyl (C=O) groups excluding carboxylic acids is 2. The normalized spacial score (nSPS) is 15.4. The maximum atomic E-state index is 12.4. The molecule has 0 saturated heterocycles. The van der Waals surface area contributed by atoms with E-state index in [4.69, 9.17) is 0 Å². The molecule has 0 saturated carbocycles. The Balaban J connectivity index is 2.03. The fourth-order valence-electron chi connectivity index (χ4n) is 2.75. The third kappa shape index (κ3) is 1.74. The number of aryl methyl sites for hydroxylation is 1. The molecule has 1 aliphatic rings. The topological polar surface area (TPSA) is 37.4 Å². The Bertz CT molecular complexity index is 671. The van der Waals surface area contributed by atoms with E-state index < -0.39 is 0 Å². The first kappa shape index (κ1) is 12.6. The molecule has 3 rings (SSSR count). The van der Waals surface area contributed by atoms with Crippen LogP contribution in [0.15, 0.2) is 48.5 Å². The van der Waals surface area contributed by atoms with Gasteiger partial charge in [0.25, 0.3) is 11.8 Å². The highest BCUT2D eigenvalue weighted by atomic mass is 16.2. The molecule has 1 heterocycles. The summed E-state index contributed by atoms with van der Waals surface area (Å²) in [6.07, 6.45) is 0. The van der Waals surface area contributed by atoms with E-state index in [-0.39, 0.29) is 17.9 Å². The second-order valence-corrected chi connectivity index (χ2v) is 5.06. The average molecular weight is 265 g/mol. The van der Waals surface area contributed by atoms with Crippen LogP contribution in [-0.2, 0) is 0 Å². The zero-order valence-corrected chi connectivity index (χ0v) is 11.5. The molecule has 0 fully saturated rings. The maximum Gasteiger partial charge on any atom is 0.262 e. The molecule has 3 nitrogen and oxygen atoms in total. The van der Waals surface area contributed by atoms with Crippen LogP contribution in [0.1, 0.15) is 44.8 Å². The van der Waals surface area contributed by atoms with Crippen LogP contribution >= 0.6 is 0 Å². The van der Waals surface area contributed by atoms with Gasteiger partial charge in [-0.1, -0.05) is 36.4 Å². The number of rotatable bonds is 2. The average Bonchev–Trinajstić information content (AvgIpc) is 2.71. The van der Waals surface area contributed by atoms with Crippen molar-refractivity contribution in [3.8, 4) is 0 Å². The minimum atomic E-state index is -0.261. The Morgan fingerprint density at radius 1 is 0.850 bits per heavy atom. The van der Waals surface area contributed by atoms with Crippen molar-refractivity contribution in [1.82, 2.24) is 4.90 Å². The van der Waals surface area contributed by atoms with Crippen LogP contribution in [0.5, 0.6) is 0 Å². The van der Waals surface area contributed by atoms with Gasteiger partial charge in [0, 0.05) is 0 Å². The Labute approximate surface area is 117 Å². The Morgan fingerprint density at radius 3 is 1.90 bits per heavy atom. The lowest BCUT2D eigenvalue weighted by atomic mass is 10.0. The van der Waals surface area contributed by atoms with Crippen LogP contribution < -0.4 is 0 Å². The van der Waals surface area contributed by atoms with Crippen LogP contribution in [0.2, 0.25) is 0 Å². The Morgan fingerprint density at radius 2 is 1.35 bits per heavy atom. The van der Waals surface area contributed by atoms with Crippen LogP contribution in [-0.4, -0.2) is 16.7 Å². The molecule has 0 spiro atoms. The molecule has 2 amide bonds. The summed E-state index contributed by atoms with van der Waals surface area (Å²) in [5.41, 5.74) is 3.08. The quantitative estimate of drug-likeness (QED) is 0.781. The van der Waals surface area contributed by atoms with Crippen molar-refractivity contribution >= 4 is 11.8 Å². The molecule has 100 valence electrons. The zero-order valence-electron chi connectivity index (χ0n) is 11.5. The van der Waals surface area contributed by atoms with E-state index in [2.05, 4.69) is 0 Å². The van der Waals surface area contributed by atoms with Gasteiger partial charge in [0.15, 0.2) is 0 Å². The summed E-state index contributed by atoms with van der Waals surface area (Å²) in [7, 11) is 0. The lowest BCUT2D eigenvalue weighted by Gasteiger charge is -2.24. The second kappa shape index (κ2) is 4.60. The first-order valence-corrected chi connectivity index (χ1v) is 6.63. The van der Waals surface area contributed by atoms with Gasteiger partial charge in [-0.3, -0.25) is 14.5 Å². The summed E-state index contributed by atoms with van der Waals surface area (Å²) in [5.74, 6) is -0.414. The molecule has 0 radical (unpaired) electrons. The number of hydrogen-bond donors (Lipinski definition) is 0. The van der Waals surface area contributed by atoms with Gasteiger partial charge in [-0.05, 0) is 37.1 Å². The van der Waals surface area contributed by atoms with Crippen LogP contribution in [0, 0.1) is 6.92 Å². The minimum absolute atomic E-state index is 0.207. The lowest BCUT2D eigenvalue weighted by Crippen LogP contribution is -2.32. The van der Waals surface area contributed by atoms with Gasteiger partial charge in [-0.2, -0.15) is 0 Å². The summed E-state index contributed by atoms with van der Waals surface area (Å²) < 4.78 is 0. The second-order valence-electron chi connectivity index (χ2n) is 5.06. The largest absolute Gasteiger partial charge is 0.269 e. The van der Waals surface area contributed by atoms with Crippen molar-refractivity contribution in [3.63, 3.8) is 0 Å². The van der Waals surface area contributed by atoms with Crippen molar-refractivity contribution < 1.29 is 9.59 Å². The first-order chi connectivity index (χ1) is 9.61. The minimum Gasteiger partial charge on any atom is -0.269 e. The van der Waals surface area contributed by atoms with Crippen molar-refractivity contribution in [3.05, 3.63) is 70.8 Å². The van der Waals surface area contributed by atoms with E-state index in [0.717, 1.165) is 11.1 Å². The van der Waals surface area contributed by atoms with E-state index in [1.165, 1.54) is 4.90 Å². The molecule has 2 aromatic rings. The fraction of sp³-hybridized carbons (Fsp3) is 0.176. The third-order valence-electron chi connectivity index (χ3n) is 3.85. The molecule has 3 heteroatoms. The van der Waals surface area contributed by atoms with Crippen molar-refractivity contribution in [2.24, 2.45) is 0 Å². The highest BCUT2D eigenvalue weighted by molar-refractivity contribution is 6.21. The van der Waals surface area contributed by atoms with E-state index >= 15 is 0 Å². The molecular weight excluding hydrogens is 250 g/mol. The molecule has 1 aliphatic heterocycles. The van der Waals surface area contributed by atoms with Crippen molar-refractivity contribution in [2.45, 2.75) is 19.9 Å². The smallest absolute Gasteiger partial charge is 0.262 e. The van der Waals surface area contributed by atoms with Gasteiger partial charge in [0.1, 0.15) is 0 Å². The predicted octanol–water partition coefficient (Wildman–Crippen LogP) is 3.35. The summed E-state index contributed by atoms with van der Waals surface area (Å²) in [6.45, 7) is 3.88. The third-order valence-corrected chi connectivity index (χ3v) is 3.85. The maximum absolute atomic E-state index is 12.4. The monoisotopic (exact) mass is 265 g/mol. The highest BCUT2D eigenvalue weighted by Crippen LogP contribution is 2.32. The van der Waals surface area contributed by atoms with Gasteiger partial charge in [-0.15, -0.1) is 0 Å². The fourth-order valence-corrected chi connectivity index (χ4v) is 2.75. The van der Waals surface area contributed by atoms with Crippen molar-refractivity contribution in [2.75, 3.05) is 0 Å².